The molecule has 0 atom stereocenters. The van der Waals surface area contributed by atoms with Gasteiger partial charge in [-0.3, -0.25) is 4.98 Å². The number of hydrogen-bond acceptors (Lipinski definition) is 3. The highest BCUT2D eigenvalue weighted by atomic mass is 32.2. The lowest BCUT2D eigenvalue weighted by Gasteiger charge is -2.41. The van der Waals surface area contributed by atoms with Crippen LogP contribution in [0, 0.1) is 5.41 Å². The first-order chi connectivity index (χ1) is 8.39. The second-order valence-electron chi connectivity index (χ2n) is 5.52. The van der Waals surface area contributed by atoms with E-state index in [1.54, 1.807) is 10.5 Å². The van der Waals surface area contributed by atoms with Gasteiger partial charge in [0.2, 0.25) is 10.0 Å². The highest BCUT2D eigenvalue weighted by Gasteiger charge is 2.36. The van der Waals surface area contributed by atoms with Crippen molar-refractivity contribution in [3.63, 3.8) is 0 Å². The summed E-state index contributed by atoms with van der Waals surface area (Å²) in [5, 5.41) is 0. The molecule has 0 amide bonds. The number of sulfonamides is 1. The van der Waals surface area contributed by atoms with Crippen molar-refractivity contribution < 1.29 is 8.42 Å². The van der Waals surface area contributed by atoms with Crippen LogP contribution in [0.25, 0.3) is 0 Å². The summed E-state index contributed by atoms with van der Waals surface area (Å²) in [6.07, 6.45) is 6.40. The molecular formula is C13H20N2O2S. The Balaban J connectivity index is 2.11. The Labute approximate surface area is 109 Å². The molecular weight excluding hydrogens is 248 g/mol. The quantitative estimate of drug-likeness (QED) is 0.821. The van der Waals surface area contributed by atoms with Crippen LogP contribution in [0.2, 0.25) is 0 Å². The van der Waals surface area contributed by atoms with E-state index < -0.39 is 10.0 Å². The van der Waals surface area contributed by atoms with Crippen molar-refractivity contribution in [2.45, 2.75) is 32.7 Å². The third kappa shape index (κ3) is 3.29. The van der Waals surface area contributed by atoms with Crippen LogP contribution in [-0.4, -0.2) is 30.5 Å². The molecule has 0 spiro atoms. The Bertz CT molecular complexity index is 495. The summed E-state index contributed by atoms with van der Waals surface area (Å²) >= 11 is 0. The zero-order valence-corrected chi connectivity index (χ0v) is 11.8. The van der Waals surface area contributed by atoms with Crippen LogP contribution in [0.3, 0.4) is 0 Å². The summed E-state index contributed by atoms with van der Waals surface area (Å²) in [5.41, 5.74) is 0.948. The fraction of sp³-hybridized carbons (Fsp3) is 0.615. The molecule has 0 aliphatic heterocycles. The molecule has 0 unspecified atom stereocenters. The Morgan fingerprint density at radius 1 is 1.39 bits per heavy atom. The third-order valence-electron chi connectivity index (χ3n) is 3.65. The SMILES string of the molecule is CC1(CN(Cc2ccccn2)S(C)(=O)=O)CCC1. The fourth-order valence-electron chi connectivity index (χ4n) is 2.33. The minimum Gasteiger partial charge on any atom is -0.260 e. The average molecular weight is 268 g/mol. The zero-order valence-electron chi connectivity index (χ0n) is 11.0. The molecule has 0 aromatic carbocycles. The first-order valence-corrected chi connectivity index (χ1v) is 8.09. The second-order valence-corrected chi connectivity index (χ2v) is 7.50. The number of aromatic nitrogens is 1. The smallest absolute Gasteiger partial charge is 0.211 e. The maximum Gasteiger partial charge on any atom is 0.211 e. The van der Waals surface area contributed by atoms with Crippen LogP contribution in [0.4, 0.5) is 0 Å². The second kappa shape index (κ2) is 4.97. The molecule has 1 aliphatic rings. The standard InChI is InChI=1S/C13H20N2O2S/c1-13(7-5-8-13)11-15(18(2,16)17)10-12-6-3-4-9-14-12/h3-4,6,9H,5,7-8,10-11H2,1-2H3. The van der Waals surface area contributed by atoms with Crippen molar-refractivity contribution >= 4 is 10.0 Å². The Morgan fingerprint density at radius 3 is 2.56 bits per heavy atom. The molecule has 1 saturated carbocycles. The summed E-state index contributed by atoms with van der Waals surface area (Å²) in [7, 11) is -3.18. The molecule has 2 rings (SSSR count). The van der Waals surface area contributed by atoms with E-state index in [2.05, 4.69) is 11.9 Å². The van der Waals surface area contributed by atoms with Gasteiger partial charge in [-0.05, 0) is 30.4 Å². The van der Waals surface area contributed by atoms with Gasteiger partial charge in [0.1, 0.15) is 0 Å². The topological polar surface area (TPSA) is 50.3 Å². The van der Waals surface area contributed by atoms with Gasteiger partial charge in [0, 0.05) is 12.7 Å². The highest BCUT2D eigenvalue weighted by molar-refractivity contribution is 7.88. The van der Waals surface area contributed by atoms with Crippen molar-refractivity contribution in [2.24, 2.45) is 5.41 Å². The fourth-order valence-corrected chi connectivity index (χ4v) is 3.24. The first kappa shape index (κ1) is 13.5. The van der Waals surface area contributed by atoms with E-state index in [0.29, 0.717) is 13.1 Å². The largest absolute Gasteiger partial charge is 0.260 e. The molecule has 1 aromatic rings. The van der Waals surface area contributed by atoms with Crippen LogP contribution in [-0.2, 0) is 16.6 Å². The number of nitrogens with zero attached hydrogens (tertiary/aromatic N) is 2. The van der Waals surface area contributed by atoms with Crippen LogP contribution in [0.1, 0.15) is 31.9 Å². The summed E-state index contributed by atoms with van der Waals surface area (Å²) in [5.74, 6) is 0. The molecule has 1 aliphatic carbocycles. The Morgan fingerprint density at radius 2 is 2.11 bits per heavy atom. The average Bonchev–Trinajstić information content (AvgIpc) is 2.26. The Kier molecular flexibility index (Phi) is 3.73. The van der Waals surface area contributed by atoms with Crippen molar-refractivity contribution in [2.75, 3.05) is 12.8 Å². The summed E-state index contributed by atoms with van der Waals surface area (Å²) in [6.45, 7) is 3.13. The molecule has 0 N–H and O–H groups in total. The molecule has 1 aromatic heterocycles. The van der Waals surface area contributed by atoms with Gasteiger partial charge in [0.05, 0.1) is 18.5 Å². The van der Waals surface area contributed by atoms with E-state index in [1.165, 1.54) is 12.7 Å². The molecule has 18 heavy (non-hydrogen) atoms. The third-order valence-corrected chi connectivity index (χ3v) is 4.85. The van der Waals surface area contributed by atoms with Crippen LogP contribution < -0.4 is 0 Å². The van der Waals surface area contributed by atoms with E-state index in [-0.39, 0.29) is 5.41 Å². The van der Waals surface area contributed by atoms with Crippen molar-refractivity contribution in [3.05, 3.63) is 30.1 Å². The lowest BCUT2D eigenvalue weighted by Crippen LogP contribution is -2.42. The number of hydrogen-bond donors (Lipinski definition) is 0. The van der Waals surface area contributed by atoms with Crippen LogP contribution in [0.5, 0.6) is 0 Å². The molecule has 5 heteroatoms. The lowest BCUT2D eigenvalue weighted by atomic mass is 9.70. The highest BCUT2D eigenvalue weighted by Crippen LogP contribution is 2.41. The predicted molar refractivity (Wildman–Crippen MR) is 71.4 cm³/mol. The molecule has 0 saturated heterocycles. The molecule has 1 fully saturated rings. The lowest BCUT2D eigenvalue weighted by molar-refractivity contribution is 0.121. The van der Waals surface area contributed by atoms with E-state index in [4.69, 9.17) is 0 Å². The normalized spacial score (nSPS) is 18.6. The van der Waals surface area contributed by atoms with Crippen molar-refractivity contribution in [3.8, 4) is 0 Å². The van der Waals surface area contributed by atoms with Gasteiger partial charge in [-0.25, -0.2) is 8.42 Å². The van der Waals surface area contributed by atoms with E-state index in [1.807, 2.05) is 18.2 Å². The molecule has 100 valence electrons. The number of pyridine rings is 1. The monoisotopic (exact) mass is 268 g/mol. The summed E-state index contributed by atoms with van der Waals surface area (Å²) in [6, 6.07) is 5.58. The molecule has 1 heterocycles. The predicted octanol–water partition coefficient (Wildman–Crippen LogP) is 2.03. The van der Waals surface area contributed by atoms with Crippen molar-refractivity contribution in [1.82, 2.24) is 9.29 Å². The van der Waals surface area contributed by atoms with Crippen LogP contribution in [0.15, 0.2) is 24.4 Å². The van der Waals surface area contributed by atoms with E-state index >= 15 is 0 Å². The van der Waals surface area contributed by atoms with Gasteiger partial charge in [-0.1, -0.05) is 19.4 Å². The first-order valence-electron chi connectivity index (χ1n) is 6.24. The van der Waals surface area contributed by atoms with Gasteiger partial charge in [0.25, 0.3) is 0 Å². The van der Waals surface area contributed by atoms with Crippen molar-refractivity contribution in [1.29, 1.82) is 0 Å². The molecule has 0 radical (unpaired) electrons. The zero-order chi connectivity index (χ0) is 13.2. The van der Waals surface area contributed by atoms with Crippen LogP contribution >= 0.6 is 0 Å². The minimum atomic E-state index is -3.18. The number of rotatable bonds is 5. The maximum absolute atomic E-state index is 11.9. The van der Waals surface area contributed by atoms with Gasteiger partial charge in [0.15, 0.2) is 0 Å². The Hall–Kier alpha value is -0.940. The van der Waals surface area contributed by atoms with Gasteiger partial charge < -0.3 is 0 Å². The molecule has 4 nitrogen and oxygen atoms in total. The maximum atomic E-state index is 11.9. The minimum absolute atomic E-state index is 0.151. The summed E-state index contributed by atoms with van der Waals surface area (Å²) < 4.78 is 25.3. The van der Waals surface area contributed by atoms with E-state index in [9.17, 15) is 8.42 Å². The van der Waals surface area contributed by atoms with Gasteiger partial charge in [-0.2, -0.15) is 4.31 Å². The van der Waals surface area contributed by atoms with Gasteiger partial charge in [-0.15, -0.1) is 0 Å². The molecule has 0 bridgehead atoms. The van der Waals surface area contributed by atoms with Gasteiger partial charge >= 0.3 is 0 Å². The summed E-state index contributed by atoms with van der Waals surface area (Å²) in [4.78, 5) is 4.20. The van der Waals surface area contributed by atoms with E-state index in [0.717, 1.165) is 18.5 Å².